The zero-order valence-corrected chi connectivity index (χ0v) is 9.94. The first-order valence-electron chi connectivity index (χ1n) is 5.46. The number of aromatic nitrogens is 2. The third-order valence-corrected chi connectivity index (χ3v) is 3.40. The van der Waals surface area contributed by atoms with Gasteiger partial charge in [-0.3, -0.25) is 4.79 Å². The molecule has 1 aromatic rings. The average molecular weight is 240 g/mol. The molecule has 0 N–H and O–H groups in total. The molecule has 1 atom stereocenters. The predicted molar refractivity (Wildman–Crippen MR) is 63.0 cm³/mol. The maximum absolute atomic E-state index is 11.0. The molecule has 0 bridgehead atoms. The molecule has 2 rings (SSSR count). The van der Waals surface area contributed by atoms with Crippen molar-refractivity contribution in [3.8, 4) is 0 Å². The molecular formula is C11H14ClN3O. The molecule has 0 radical (unpaired) electrons. The number of carbonyl (C=O) groups is 1. The minimum atomic E-state index is 0.236. The summed E-state index contributed by atoms with van der Waals surface area (Å²) in [6.07, 6.45) is 4.45. The van der Waals surface area contributed by atoms with Gasteiger partial charge in [0, 0.05) is 13.1 Å². The predicted octanol–water partition coefficient (Wildman–Crippen LogP) is 2.18. The van der Waals surface area contributed by atoms with E-state index in [0.29, 0.717) is 17.3 Å². The van der Waals surface area contributed by atoms with E-state index in [-0.39, 0.29) is 5.15 Å². The highest BCUT2D eigenvalue weighted by atomic mass is 35.5. The third-order valence-electron chi connectivity index (χ3n) is 3.09. The number of hydrogen-bond acceptors (Lipinski definition) is 4. The van der Waals surface area contributed by atoms with Crippen molar-refractivity contribution in [2.24, 2.45) is 5.92 Å². The Bertz CT molecular complexity index is 397. The molecule has 0 amide bonds. The van der Waals surface area contributed by atoms with E-state index in [2.05, 4.69) is 21.8 Å². The zero-order valence-electron chi connectivity index (χ0n) is 9.19. The van der Waals surface area contributed by atoms with Gasteiger partial charge in [0.25, 0.3) is 0 Å². The first-order valence-corrected chi connectivity index (χ1v) is 5.84. The van der Waals surface area contributed by atoms with Crippen molar-refractivity contribution in [2.75, 3.05) is 18.0 Å². The van der Waals surface area contributed by atoms with Gasteiger partial charge in [-0.15, -0.1) is 0 Å². The molecule has 16 heavy (non-hydrogen) atoms. The summed E-state index contributed by atoms with van der Waals surface area (Å²) in [5.74, 6) is 1.36. The van der Waals surface area contributed by atoms with Gasteiger partial charge in [0.05, 0.1) is 5.56 Å². The molecular weight excluding hydrogens is 226 g/mol. The quantitative estimate of drug-likeness (QED) is 0.599. The summed E-state index contributed by atoms with van der Waals surface area (Å²) in [5.41, 5.74) is 0.404. The molecule has 0 aromatic carbocycles. The second-order valence-corrected chi connectivity index (χ2v) is 4.39. The number of aldehydes is 1. The van der Waals surface area contributed by atoms with Crippen LogP contribution in [0.3, 0.4) is 0 Å². The average Bonchev–Trinajstić information content (AvgIpc) is 2.77. The van der Waals surface area contributed by atoms with Gasteiger partial charge in [0.1, 0.15) is 17.3 Å². The van der Waals surface area contributed by atoms with Gasteiger partial charge in [-0.1, -0.05) is 24.9 Å². The van der Waals surface area contributed by atoms with Crippen molar-refractivity contribution >= 4 is 23.7 Å². The molecule has 1 saturated heterocycles. The molecule has 1 aliphatic rings. The zero-order chi connectivity index (χ0) is 11.5. The molecule has 0 saturated carbocycles. The maximum atomic E-state index is 11.0. The highest BCUT2D eigenvalue weighted by Gasteiger charge is 2.24. The van der Waals surface area contributed by atoms with Gasteiger partial charge in [-0.2, -0.15) is 0 Å². The summed E-state index contributed by atoms with van der Waals surface area (Å²) in [5, 5.41) is 0.236. The molecule has 1 aromatic heterocycles. The molecule has 0 spiro atoms. The lowest BCUT2D eigenvalue weighted by Crippen LogP contribution is -2.22. The van der Waals surface area contributed by atoms with E-state index in [4.69, 9.17) is 11.6 Å². The summed E-state index contributed by atoms with van der Waals surface area (Å²) in [6, 6.07) is 0. The number of carbonyl (C=O) groups excluding carboxylic acids is 1. The van der Waals surface area contributed by atoms with Crippen LogP contribution in [0, 0.1) is 5.92 Å². The monoisotopic (exact) mass is 239 g/mol. The van der Waals surface area contributed by atoms with Gasteiger partial charge < -0.3 is 4.90 Å². The number of nitrogens with zero attached hydrogens (tertiary/aromatic N) is 3. The second kappa shape index (κ2) is 4.78. The van der Waals surface area contributed by atoms with Crippen LogP contribution >= 0.6 is 11.6 Å². The Kier molecular flexibility index (Phi) is 3.39. The molecule has 1 fully saturated rings. The number of hydrogen-bond donors (Lipinski definition) is 0. The number of halogens is 1. The smallest absolute Gasteiger partial charge is 0.156 e. The van der Waals surface area contributed by atoms with Gasteiger partial charge >= 0.3 is 0 Å². The van der Waals surface area contributed by atoms with E-state index in [9.17, 15) is 4.79 Å². The Hall–Kier alpha value is -1.16. The van der Waals surface area contributed by atoms with Gasteiger partial charge in [-0.05, 0) is 12.3 Å². The molecule has 86 valence electrons. The summed E-state index contributed by atoms with van der Waals surface area (Å²) in [6.45, 7) is 4.07. The van der Waals surface area contributed by atoms with Crippen LogP contribution in [-0.2, 0) is 0 Å². The Labute approximate surface area is 99.6 Å². The largest absolute Gasteiger partial charge is 0.356 e. The molecule has 5 heteroatoms. The van der Waals surface area contributed by atoms with Crippen LogP contribution in [0.1, 0.15) is 30.1 Å². The summed E-state index contributed by atoms with van der Waals surface area (Å²) in [7, 11) is 0. The lowest BCUT2D eigenvalue weighted by atomic mass is 10.1. The lowest BCUT2D eigenvalue weighted by molar-refractivity contribution is 0.112. The summed E-state index contributed by atoms with van der Waals surface area (Å²) < 4.78 is 0. The van der Waals surface area contributed by atoms with Crippen molar-refractivity contribution in [3.05, 3.63) is 17.0 Å². The van der Waals surface area contributed by atoms with Crippen molar-refractivity contribution in [1.82, 2.24) is 9.97 Å². The SMILES string of the molecule is CCC1CCN(c2ncnc(Cl)c2C=O)C1. The van der Waals surface area contributed by atoms with Gasteiger partial charge in [-0.25, -0.2) is 9.97 Å². The Morgan fingerprint density at radius 1 is 1.62 bits per heavy atom. The van der Waals surface area contributed by atoms with E-state index >= 15 is 0 Å². The Balaban J connectivity index is 2.27. The molecule has 4 nitrogen and oxygen atoms in total. The van der Waals surface area contributed by atoms with E-state index in [1.807, 2.05) is 0 Å². The Morgan fingerprint density at radius 3 is 3.06 bits per heavy atom. The second-order valence-electron chi connectivity index (χ2n) is 4.03. The highest BCUT2D eigenvalue weighted by Crippen LogP contribution is 2.27. The van der Waals surface area contributed by atoms with Crippen molar-refractivity contribution < 1.29 is 4.79 Å². The Morgan fingerprint density at radius 2 is 2.44 bits per heavy atom. The van der Waals surface area contributed by atoms with Crippen molar-refractivity contribution in [1.29, 1.82) is 0 Å². The van der Waals surface area contributed by atoms with Crippen LogP contribution < -0.4 is 4.90 Å². The van der Waals surface area contributed by atoms with Crippen molar-refractivity contribution in [2.45, 2.75) is 19.8 Å². The fourth-order valence-corrected chi connectivity index (χ4v) is 2.25. The van der Waals surface area contributed by atoms with Crippen LogP contribution in [0.5, 0.6) is 0 Å². The molecule has 0 aliphatic carbocycles. The fraction of sp³-hybridized carbons (Fsp3) is 0.545. The van der Waals surface area contributed by atoms with E-state index in [1.165, 1.54) is 6.33 Å². The van der Waals surface area contributed by atoms with Crippen molar-refractivity contribution in [3.63, 3.8) is 0 Å². The van der Waals surface area contributed by atoms with E-state index in [1.54, 1.807) is 0 Å². The summed E-state index contributed by atoms with van der Waals surface area (Å²) in [4.78, 5) is 21.1. The van der Waals surface area contributed by atoms with E-state index < -0.39 is 0 Å². The van der Waals surface area contributed by atoms with Crippen LogP contribution in [0.4, 0.5) is 5.82 Å². The van der Waals surface area contributed by atoms with E-state index in [0.717, 1.165) is 32.2 Å². The van der Waals surface area contributed by atoms with Crippen LogP contribution in [0.2, 0.25) is 5.15 Å². The van der Waals surface area contributed by atoms with Gasteiger partial charge in [0.15, 0.2) is 6.29 Å². The van der Waals surface area contributed by atoms with Gasteiger partial charge in [0.2, 0.25) is 0 Å². The molecule has 2 heterocycles. The number of anilines is 1. The topological polar surface area (TPSA) is 46.1 Å². The maximum Gasteiger partial charge on any atom is 0.156 e. The lowest BCUT2D eigenvalue weighted by Gasteiger charge is -2.18. The first-order chi connectivity index (χ1) is 7.76. The van der Waals surface area contributed by atoms with Crippen LogP contribution in [0.15, 0.2) is 6.33 Å². The van der Waals surface area contributed by atoms with Crippen LogP contribution in [0.25, 0.3) is 0 Å². The molecule has 1 aliphatic heterocycles. The summed E-state index contributed by atoms with van der Waals surface area (Å²) >= 11 is 5.87. The highest BCUT2D eigenvalue weighted by molar-refractivity contribution is 6.32. The standard InChI is InChI=1S/C11H14ClN3O/c1-2-8-3-4-15(5-8)11-9(6-16)10(12)13-7-14-11/h6-8H,2-5H2,1H3. The fourth-order valence-electron chi connectivity index (χ4n) is 2.08. The first kappa shape index (κ1) is 11.3. The minimum Gasteiger partial charge on any atom is -0.356 e. The third kappa shape index (κ3) is 2.02. The number of rotatable bonds is 3. The molecule has 1 unspecified atom stereocenters. The van der Waals surface area contributed by atoms with Crippen LogP contribution in [-0.4, -0.2) is 29.3 Å². The normalized spacial score (nSPS) is 20.1. The minimum absolute atomic E-state index is 0.236.